The van der Waals surface area contributed by atoms with E-state index in [1.165, 1.54) is 11.1 Å². The predicted octanol–water partition coefficient (Wildman–Crippen LogP) is 4.63. The van der Waals surface area contributed by atoms with E-state index < -0.39 is 0 Å². The average Bonchev–Trinajstić information content (AvgIpc) is 3.35. The van der Waals surface area contributed by atoms with Crippen LogP contribution < -0.4 is 9.47 Å². The van der Waals surface area contributed by atoms with Gasteiger partial charge in [0.05, 0.1) is 32.6 Å². The van der Waals surface area contributed by atoms with Crippen LogP contribution in [0.2, 0.25) is 0 Å². The van der Waals surface area contributed by atoms with E-state index in [0.29, 0.717) is 31.0 Å². The maximum Gasteiger partial charge on any atom is 0.254 e. The van der Waals surface area contributed by atoms with Crippen molar-refractivity contribution in [3.05, 3.63) is 74.7 Å². The monoisotopic (exact) mass is 509 g/mol. The summed E-state index contributed by atoms with van der Waals surface area (Å²) >= 11 is 1.56. The lowest BCUT2D eigenvalue weighted by molar-refractivity contribution is 0.0319. The lowest BCUT2D eigenvalue weighted by atomic mass is 10.1. The van der Waals surface area contributed by atoms with Gasteiger partial charge in [-0.15, -0.1) is 11.3 Å². The van der Waals surface area contributed by atoms with E-state index in [2.05, 4.69) is 37.8 Å². The fourth-order valence-corrected chi connectivity index (χ4v) is 4.95. The van der Waals surface area contributed by atoms with Crippen LogP contribution in [-0.2, 0) is 17.9 Å². The van der Waals surface area contributed by atoms with E-state index in [0.717, 1.165) is 54.9 Å². The molecule has 0 saturated carbocycles. The summed E-state index contributed by atoms with van der Waals surface area (Å²) in [6.45, 7) is 11.8. The van der Waals surface area contributed by atoms with Crippen molar-refractivity contribution < 1.29 is 19.0 Å². The van der Waals surface area contributed by atoms with Crippen LogP contribution in [0.3, 0.4) is 0 Å². The normalized spacial score (nSPS) is 14.0. The minimum atomic E-state index is -0.0289. The lowest BCUT2D eigenvalue weighted by Crippen LogP contribution is -2.43. The fourth-order valence-electron chi connectivity index (χ4n) is 4.25. The van der Waals surface area contributed by atoms with E-state index in [1.807, 2.05) is 28.5 Å². The van der Waals surface area contributed by atoms with Gasteiger partial charge in [0, 0.05) is 37.1 Å². The van der Waals surface area contributed by atoms with Gasteiger partial charge in [-0.05, 0) is 61.7 Å². The first kappa shape index (κ1) is 26.1. The predicted molar refractivity (Wildman–Crippen MR) is 142 cm³/mol. The van der Waals surface area contributed by atoms with Gasteiger partial charge in [-0.25, -0.2) is 4.98 Å². The second kappa shape index (κ2) is 12.3. The van der Waals surface area contributed by atoms with E-state index in [9.17, 15) is 4.79 Å². The number of nitrogens with zero attached hydrogens (tertiary/aromatic N) is 3. The van der Waals surface area contributed by atoms with Gasteiger partial charge in [-0.1, -0.05) is 12.1 Å². The van der Waals surface area contributed by atoms with Crippen LogP contribution in [0.15, 0.2) is 41.8 Å². The molecule has 2 aromatic carbocycles. The molecule has 1 saturated heterocycles. The van der Waals surface area contributed by atoms with Gasteiger partial charge in [0.25, 0.3) is 5.91 Å². The Morgan fingerprint density at radius 1 is 1.17 bits per heavy atom. The van der Waals surface area contributed by atoms with E-state index >= 15 is 0 Å². The smallest absolute Gasteiger partial charge is 0.254 e. The largest absolute Gasteiger partial charge is 0.497 e. The van der Waals surface area contributed by atoms with Gasteiger partial charge >= 0.3 is 0 Å². The van der Waals surface area contributed by atoms with Crippen molar-refractivity contribution in [3.63, 3.8) is 0 Å². The van der Waals surface area contributed by atoms with Crippen LogP contribution in [0.5, 0.6) is 11.5 Å². The number of aromatic nitrogens is 1. The number of ether oxygens (including phenoxy) is 3. The van der Waals surface area contributed by atoms with Crippen molar-refractivity contribution >= 4 is 17.2 Å². The second-order valence-corrected chi connectivity index (χ2v) is 10.1. The first-order valence-corrected chi connectivity index (χ1v) is 13.2. The molecule has 8 heteroatoms. The van der Waals surface area contributed by atoms with Gasteiger partial charge in [-0.3, -0.25) is 9.69 Å². The molecule has 0 atom stereocenters. The topological polar surface area (TPSA) is 64.1 Å². The zero-order chi connectivity index (χ0) is 25.5. The summed E-state index contributed by atoms with van der Waals surface area (Å²) in [6, 6.07) is 11.5. The summed E-state index contributed by atoms with van der Waals surface area (Å²) in [5.74, 6) is 1.53. The molecule has 0 spiro atoms. The van der Waals surface area contributed by atoms with E-state index in [4.69, 9.17) is 19.2 Å². The van der Waals surface area contributed by atoms with Crippen LogP contribution in [-0.4, -0.2) is 67.2 Å². The number of aryl methyl sites for hydroxylation is 2. The number of hydrogen-bond acceptors (Lipinski definition) is 7. The third kappa shape index (κ3) is 6.84. The molecule has 192 valence electrons. The molecule has 3 aromatic rings. The fraction of sp³-hybridized carbons (Fsp3) is 0.429. The number of carbonyl (C=O) groups is 1. The summed E-state index contributed by atoms with van der Waals surface area (Å²) in [5, 5.41) is 2.92. The molecule has 0 bridgehead atoms. The van der Waals surface area contributed by atoms with Gasteiger partial charge in [0.1, 0.15) is 23.1 Å². The Balaban J connectivity index is 1.45. The van der Waals surface area contributed by atoms with Crippen LogP contribution >= 0.6 is 11.3 Å². The highest BCUT2D eigenvalue weighted by atomic mass is 32.1. The molecule has 1 aliphatic heterocycles. The molecule has 4 rings (SSSR count). The summed E-state index contributed by atoms with van der Waals surface area (Å²) in [6.07, 6.45) is 0. The molecular formula is C28H35N3O4S. The van der Waals surface area contributed by atoms with Crippen LogP contribution in [0.4, 0.5) is 0 Å². The van der Waals surface area contributed by atoms with Crippen LogP contribution in [0.1, 0.15) is 37.7 Å². The number of morpholine rings is 1. The molecule has 1 aliphatic rings. The number of amides is 1. The first-order chi connectivity index (χ1) is 17.4. The summed E-state index contributed by atoms with van der Waals surface area (Å²) < 4.78 is 16.9. The van der Waals surface area contributed by atoms with Crippen molar-refractivity contribution in [2.24, 2.45) is 0 Å². The first-order valence-electron chi connectivity index (χ1n) is 12.3. The second-order valence-electron chi connectivity index (χ2n) is 9.14. The van der Waals surface area contributed by atoms with Crippen molar-refractivity contribution in [2.45, 2.75) is 33.9 Å². The third-order valence-corrected chi connectivity index (χ3v) is 7.33. The van der Waals surface area contributed by atoms with Crippen molar-refractivity contribution in [3.8, 4) is 11.5 Å². The van der Waals surface area contributed by atoms with Crippen LogP contribution in [0, 0.1) is 20.8 Å². The van der Waals surface area contributed by atoms with Gasteiger partial charge in [0.15, 0.2) is 0 Å². The Hall–Kier alpha value is -2.94. The Bertz CT molecular complexity index is 1170. The van der Waals surface area contributed by atoms with Gasteiger partial charge in [0.2, 0.25) is 0 Å². The number of thiazole rings is 1. The van der Waals surface area contributed by atoms with Gasteiger partial charge < -0.3 is 19.1 Å². The molecule has 1 amide bonds. The molecule has 0 radical (unpaired) electrons. The van der Waals surface area contributed by atoms with Crippen molar-refractivity contribution in [1.82, 2.24) is 14.8 Å². The zero-order valence-electron chi connectivity index (χ0n) is 21.6. The number of carbonyl (C=O) groups excluding carboxylic acids is 1. The lowest BCUT2D eigenvalue weighted by Gasteiger charge is -2.30. The molecule has 1 aromatic heterocycles. The SMILES string of the molecule is COc1cccc(C(=O)N(CCN2CCOCC2)Cc2csc(COc3cc(C)cc(C)c3C)n2)c1. The van der Waals surface area contributed by atoms with Gasteiger partial charge in [-0.2, -0.15) is 0 Å². The standard InChI is InChI=1S/C28H35N3O4S/c1-20-14-21(2)22(3)26(15-20)35-18-27-29-24(19-36-27)17-31(9-8-30-10-12-34-13-11-30)28(32)23-6-5-7-25(16-23)33-4/h5-7,14-16,19H,8-13,17-18H2,1-4H3. The Kier molecular flexibility index (Phi) is 8.96. The summed E-state index contributed by atoms with van der Waals surface area (Å²) in [7, 11) is 1.61. The van der Waals surface area contributed by atoms with Crippen molar-refractivity contribution in [1.29, 1.82) is 0 Å². The molecule has 0 unspecified atom stereocenters. The maximum atomic E-state index is 13.5. The third-order valence-electron chi connectivity index (χ3n) is 6.46. The number of benzene rings is 2. The molecule has 0 aliphatic carbocycles. The maximum absolute atomic E-state index is 13.5. The Labute approximate surface area is 217 Å². The highest BCUT2D eigenvalue weighted by Gasteiger charge is 2.20. The van der Waals surface area contributed by atoms with Crippen LogP contribution in [0.25, 0.3) is 0 Å². The number of methoxy groups -OCH3 is 1. The Morgan fingerprint density at radius 3 is 2.75 bits per heavy atom. The Morgan fingerprint density at radius 2 is 1.97 bits per heavy atom. The highest BCUT2D eigenvalue weighted by Crippen LogP contribution is 2.25. The molecular weight excluding hydrogens is 474 g/mol. The summed E-state index contributed by atoms with van der Waals surface area (Å²) in [4.78, 5) is 22.5. The van der Waals surface area contributed by atoms with E-state index in [1.54, 1.807) is 24.5 Å². The summed E-state index contributed by atoms with van der Waals surface area (Å²) in [5.41, 5.74) is 5.03. The number of hydrogen-bond donors (Lipinski definition) is 0. The number of rotatable bonds is 10. The zero-order valence-corrected chi connectivity index (χ0v) is 22.4. The van der Waals surface area contributed by atoms with E-state index in [-0.39, 0.29) is 5.91 Å². The minimum absolute atomic E-state index is 0.0289. The van der Waals surface area contributed by atoms with Crippen molar-refractivity contribution in [2.75, 3.05) is 46.5 Å². The average molecular weight is 510 g/mol. The molecule has 36 heavy (non-hydrogen) atoms. The molecule has 2 heterocycles. The molecule has 7 nitrogen and oxygen atoms in total. The molecule has 1 fully saturated rings. The molecule has 0 N–H and O–H groups in total. The highest BCUT2D eigenvalue weighted by molar-refractivity contribution is 7.09. The quantitative estimate of drug-likeness (QED) is 0.397. The minimum Gasteiger partial charge on any atom is -0.497 e.